The van der Waals surface area contributed by atoms with Gasteiger partial charge < -0.3 is 5.32 Å². The SMILES string of the molecule is O=C1CC(c2cc(Br)c(Cl)s2)CN1. The highest BCUT2D eigenvalue weighted by atomic mass is 79.9. The Hall–Kier alpha value is -0.0600. The van der Waals surface area contributed by atoms with Crippen molar-refractivity contribution in [3.05, 3.63) is 19.8 Å². The Morgan fingerprint density at radius 1 is 1.69 bits per heavy atom. The van der Waals surface area contributed by atoms with Crippen molar-refractivity contribution in [3.63, 3.8) is 0 Å². The first kappa shape index (κ1) is 9.49. The molecule has 1 aliphatic rings. The Labute approximate surface area is 93.4 Å². The maximum Gasteiger partial charge on any atom is 0.220 e. The monoisotopic (exact) mass is 279 g/mol. The summed E-state index contributed by atoms with van der Waals surface area (Å²) >= 11 is 10.8. The van der Waals surface area contributed by atoms with Crippen molar-refractivity contribution in [2.45, 2.75) is 12.3 Å². The summed E-state index contributed by atoms with van der Waals surface area (Å²) in [6.07, 6.45) is 0.587. The molecule has 0 aromatic carbocycles. The van der Waals surface area contributed by atoms with Crippen LogP contribution < -0.4 is 5.32 Å². The molecule has 2 rings (SSSR count). The average Bonchev–Trinajstić information content (AvgIpc) is 2.61. The van der Waals surface area contributed by atoms with Crippen LogP contribution in [0, 0.1) is 0 Å². The number of hydrogen-bond acceptors (Lipinski definition) is 2. The zero-order valence-corrected chi connectivity index (χ0v) is 9.80. The van der Waals surface area contributed by atoms with Crippen molar-refractivity contribution >= 4 is 44.8 Å². The Bertz CT molecular complexity index is 332. The predicted molar refractivity (Wildman–Crippen MR) is 57.4 cm³/mol. The second-order valence-electron chi connectivity index (χ2n) is 2.98. The van der Waals surface area contributed by atoms with Gasteiger partial charge in [-0.15, -0.1) is 11.3 Å². The molecule has 1 amide bonds. The van der Waals surface area contributed by atoms with E-state index in [9.17, 15) is 4.79 Å². The molecule has 2 heterocycles. The highest BCUT2D eigenvalue weighted by molar-refractivity contribution is 9.10. The van der Waals surface area contributed by atoms with E-state index in [1.807, 2.05) is 6.07 Å². The van der Waals surface area contributed by atoms with Gasteiger partial charge in [0, 0.05) is 28.2 Å². The fourth-order valence-electron chi connectivity index (χ4n) is 1.37. The summed E-state index contributed by atoms with van der Waals surface area (Å²) in [5.41, 5.74) is 0. The van der Waals surface area contributed by atoms with E-state index in [1.54, 1.807) is 0 Å². The van der Waals surface area contributed by atoms with E-state index in [-0.39, 0.29) is 5.91 Å². The van der Waals surface area contributed by atoms with Gasteiger partial charge in [0.1, 0.15) is 4.34 Å². The Kier molecular flexibility index (Phi) is 2.62. The maximum atomic E-state index is 11.0. The molecule has 0 radical (unpaired) electrons. The fraction of sp³-hybridized carbons (Fsp3) is 0.375. The molecule has 13 heavy (non-hydrogen) atoms. The minimum absolute atomic E-state index is 0.130. The number of rotatable bonds is 1. The van der Waals surface area contributed by atoms with E-state index >= 15 is 0 Å². The first-order valence-electron chi connectivity index (χ1n) is 3.88. The molecule has 1 aliphatic heterocycles. The first-order valence-corrected chi connectivity index (χ1v) is 5.87. The molecule has 1 atom stereocenters. The molecule has 1 N–H and O–H groups in total. The normalized spacial score (nSPS) is 22.0. The molecule has 1 fully saturated rings. The second kappa shape index (κ2) is 3.59. The van der Waals surface area contributed by atoms with E-state index in [0.717, 1.165) is 15.4 Å². The fourth-order valence-corrected chi connectivity index (χ4v) is 3.21. The van der Waals surface area contributed by atoms with Crippen LogP contribution in [-0.2, 0) is 4.79 Å². The largest absolute Gasteiger partial charge is 0.355 e. The number of thiophene rings is 1. The maximum absolute atomic E-state index is 11.0. The minimum Gasteiger partial charge on any atom is -0.355 e. The van der Waals surface area contributed by atoms with Crippen LogP contribution in [0.3, 0.4) is 0 Å². The van der Waals surface area contributed by atoms with Gasteiger partial charge in [0.25, 0.3) is 0 Å². The zero-order chi connectivity index (χ0) is 9.42. The van der Waals surface area contributed by atoms with Crippen LogP contribution in [0.25, 0.3) is 0 Å². The topological polar surface area (TPSA) is 29.1 Å². The number of carbonyl (C=O) groups is 1. The van der Waals surface area contributed by atoms with Gasteiger partial charge >= 0.3 is 0 Å². The van der Waals surface area contributed by atoms with Crippen molar-refractivity contribution in [1.29, 1.82) is 0 Å². The number of nitrogens with one attached hydrogen (secondary N) is 1. The summed E-state index contributed by atoms with van der Waals surface area (Å²) in [6, 6.07) is 2.00. The summed E-state index contributed by atoms with van der Waals surface area (Å²) in [5.74, 6) is 0.437. The number of hydrogen-bond donors (Lipinski definition) is 1. The summed E-state index contributed by atoms with van der Waals surface area (Å²) in [5, 5.41) is 2.81. The van der Waals surface area contributed by atoms with Gasteiger partial charge in [-0.25, -0.2) is 0 Å². The van der Waals surface area contributed by atoms with E-state index < -0.39 is 0 Å². The molecule has 1 aromatic rings. The molecule has 1 aromatic heterocycles. The van der Waals surface area contributed by atoms with Gasteiger partial charge in [0.2, 0.25) is 5.91 Å². The van der Waals surface area contributed by atoms with Crippen molar-refractivity contribution in [3.8, 4) is 0 Å². The Balaban J connectivity index is 2.21. The van der Waals surface area contributed by atoms with Crippen LogP contribution in [0.4, 0.5) is 0 Å². The van der Waals surface area contributed by atoms with Gasteiger partial charge in [-0.1, -0.05) is 11.6 Å². The van der Waals surface area contributed by atoms with Gasteiger partial charge in [-0.2, -0.15) is 0 Å². The highest BCUT2D eigenvalue weighted by Crippen LogP contribution is 2.37. The van der Waals surface area contributed by atoms with Crippen molar-refractivity contribution in [1.82, 2.24) is 5.32 Å². The third-order valence-electron chi connectivity index (χ3n) is 2.04. The molecule has 0 bridgehead atoms. The quantitative estimate of drug-likeness (QED) is 0.842. The van der Waals surface area contributed by atoms with E-state index in [2.05, 4.69) is 21.2 Å². The molecule has 2 nitrogen and oxygen atoms in total. The lowest BCUT2D eigenvalue weighted by atomic mass is 10.1. The molecule has 70 valence electrons. The van der Waals surface area contributed by atoms with Gasteiger partial charge in [0.15, 0.2) is 0 Å². The molecule has 1 unspecified atom stereocenters. The molecular weight excluding hydrogens is 274 g/mol. The molecule has 1 saturated heterocycles. The second-order valence-corrected chi connectivity index (χ2v) is 5.52. The van der Waals surface area contributed by atoms with Crippen molar-refractivity contribution in [2.75, 3.05) is 6.54 Å². The predicted octanol–water partition coefficient (Wildman–Crippen LogP) is 2.77. The number of carbonyl (C=O) groups excluding carboxylic acids is 1. The van der Waals surface area contributed by atoms with Crippen LogP contribution >= 0.6 is 38.9 Å². The standard InChI is InChI=1S/C8H7BrClNOS/c9-5-2-6(13-8(5)10)4-1-7(12)11-3-4/h2,4H,1,3H2,(H,11,12). The Morgan fingerprint density at radius 3 is 2.92 bits per heavy atom. The first-order chi connectivity index (χ1) is 6.16. The van der Waals surface area contributed by atoms with Crippen LogP contribution in [0.1, 0.15) is 17.2 Å². The van der Waals surface area contributed by atoms with Crippen molar-refractivity contribution in [2.24, 2.45) is 0 Å². The summed E-state index contributed by atoms with van der Waals surface area (Å²) < 4.78 is 1.68. The molecule has 0 spiro atoms. The lowest BCUT2D eigenvalue weighted by Crippen LogP contribution is -2.13. The molecule has 5 heteroatoms. The molecular formula is C8H7BrClNOS. The minimum atomic E-state index is 0.130. The van der Waals surface area contributed by atoms with Crippen LogP contribution in [0.5, 0.6) is 0 Å². The summed E-state index contributed by atoms with van der Waals surface area (Å²) in [6.45, 7) is 0.738. The smallest absolute Gasteiger partial charge is 0.220 e. The van der Waals surface area contributed by atoms with E-state index in [1.165, 1.54) is 16.2 Å². The third kappa shape index (κ3) is 1.90. The summed E-state index contributed by atoms with van der Waals surface area (Å²) in [7, 11) is 0. The van der Waals surface area contributed by atoms with E-state index in [4.69, 9.17) is 11.6 Å². The molecule has 0 aliphatic carbocycles. The number of halogens is 2. The van der Waals surface area contributed by atoms with Crippen LogP contribution in [-0.4, -0.2) is 12.5 Å². The van der Waals surface area contributed by atoms with E-state index in [0.29, 0.717) is 12.3 Å². The zero-order valence-electron chi connectivity index (χ0n) is 6.64. The lowest BCUT2D eigenvalue weighted by molar-refractivity contribution is -0.119. The van der Waals surface area contributed by atoms with Gasteiger partial charge in [-0.3, -0.25) is 4.79 Å². The lowest BCUT2D eigenvalue weighted by Gasteiger charge is -2.01. The third-order valence-corrected chi connectivity index (χ3v) is 4.68. The van der Waals surface area contributed by atoms with Gasteiger partial charge in [-0.05, 0) is 22.0 Å². The van der Waals surface area contributed by atoms with Crippen LogP contribution in [0.2, 0.25) is 4.34 Å². The number of amides is 1. The van der Waals surface area contributed by atoms with Crippen LogP contribution in [0.15, 0.2) is 10.5 Å². The highest BCUT2D eigenvalue weighted by Gasteiger charge is 2.24. The Morgan fingerprint density at radius 2 is 2.46 bits per heavy atom. The molecule has 0 saturated carbocycles. The van der Waals surface area contributed by atoms with Crippen molar-refractivity contribution < 1.29 is 4.79 Å². The van der Waals surface area contributed by atoms with Gasteiger partial charge in [0.05, 0.1) is 0 Å². The average molecular weight is 281 g/mol. The summed E-state index contributed by atoms with van der Waals surface area (Å²) in [4.78, 5) is 12.1.